The maximum Gasteiger partial charge on any atom is 0.348 e. The van der Waals surface area contributed by atoms with Crippen LogP contribution in [-0.2, 0) is 0 Å². The summed E-state index contributed by atoms with van der Waals surface area (Å²) in [7, 11) is 0. The van der Waals surface area contributed by atoms with Gasteiger partial charge >= 0.3 is 5.69 Å². The van der Waals surface area contributed by atoms with Crippen molar-refractivity contribution in [1.29, 1.82) is 0 Å². The van der Waals surface area contributed by atoms with Gasteiger partial charge in [-0.1, -0.05) is 38.2 Å². The zero-order chi connectivity index (χ0) is 21.2. The zero-order valence-corrected chi connectivity index (χ0v) is 18.5. The van der Waals surface area contributed by atoms with Crippen molar-refractivity contribution in [3.05, 3.63) is 52.3 Å². The Balaban J connectivity index is 1.29. The number of nitrogens with zero attached hydrogens (tertiary/aromatic N) is 4. The third-order valence-corrected chi connectivity index (χ3v) is 7.16. The summed E-state index contributed by atoms with van der Waals surface area (Å²) < 4.78 is 1.51. The number of hydrogen-bond acceptors (Lipinski definition) is 4. The Labute approximate surface area is 183 Å². The van der Waals surface area contributed by atoms with Crippen molar-refractivity contribution < 1.29 is 0 Å². The van der Waals surface area contributed by atoms with Crippen LogP contribution in [0.1, 0.15) is 68.8 Å². The molecule has 0 spiro atoms. The zero-order valence-electron chi connectivity index (χ0n) is 18.5. The van der Waals surface area contributed by atoms with Gasteiger partial charge in [0.1, 0.15) is 5.82 Å². The molecular weight excluding hydrogens is 386 g/mol. The van der Waals surface area contributed by atoms with E-state index in [1.165, 1.54) is 62.7 Å². The van der Waals surface area contributed by atoms with Crippen LogP contribution in [0.5, 0.6) is 0 Å². The smallest absolute Gasteiger partial charge is 0.303 e. The minimum atomic E-state index is -0.159. The molecule has 1 saturated carbocycles. The Morgan fingerprint density at radius 1 is 1.06 bits per heavy atom. The standard InChI is InChI=1S/C25H33N5O/c1-18-9-10-20-16-22(11-12-23(20)26-18)30-25(31)27-24(28-30)21-8-5-14-29(17-21)15-13-19-6-3-2-4-7-19/h9-12,16,19,21H,2-8,13-15,17H2,1H3,(H,27,28,31)/t21-/m0/s1. The number of nitrogens with one attached hydrogen (secondary N) is 1. The second-order valence-electron chi connectivity index (χ2n) is 9.49. The highest BCUT2D eigenvalue weighted by Gasteiger charge is 2.25. The molecule has 164 valence electrons. The van der Waals surface area contributed by atoms with Crippen molar-refractivity contribution in [1.82, 2.24) is 24.6 Å². The van der Waals surface area contributed by atoms with Gasteiger partial charge in [0.15, 0.2) is 0 Å². The summed E-state index contributed by atoms with van der Waals surface area (Å²) in [6.45, 7) is 5.34. The molecular formula is C25H33N5O. The van der Waals surface area contributed by atoms with Gasteiger partial charge in [0.05, 0.1) is 11.2 Å². The highest BCUT2D eigenvalue weighted by atomic mass is 16.1. The van der Waals surface area contributed by atoms with Crippen LogP contribution in [0.3, 0.4) is 0 Å². The summed E-state index contributed by atoms with van der Waals surface area (Å²) in [4.78, 5) is 22.9. The molecule has 1 aliphatic heterocycles. The Bertz CT molecular complexity index is 1090. The lowest BCUT2D eigenvalue weighted by Crippen LogP contribution is -2.36. The quantitative estimate of drug-likeness (QED) is 0.658. The summed E-state index contributed by atoms with van der Waals surface area (Å²) >= 11 is 0. The maximum absolute atomic E-state index is 12.7. The normalized spacial score (nSPS) is 21.0. The lowest BCUT2D eigenvalue weighted by molar-refractivity contribution is 0.182. The van der Waals surface area contributed by atoms with Gasteiger partial charge in [-0.05, 0) is 69.5 Å². The molecule has 1 atom stereocenters. The molecule has 2 fully saturated rings. The Kier molecular flexibility index (Phi) is 5.90. The molecule has 0 radical (unpaired) electrons. The predicted molar refractivity (Wildman–Crippen MR) is 124 cm³/mol. The van der Waals surface area contributed by atoms with E-state index in [2.05, 4.69) is 14.9 Å². The molecule has 2 aliphatic rings. The van der Waals surface area contributed by atoms with E-state index < -0.39 is 0 Å². The van der Waals surface area contributed by atoms with E-state index in [9.17, 15) is 4.79 Å². The molecule has 1 saturated heterocycles. The molecule has 6 heteroatoms. The summed E-state index contributed by atoms with van der Waals surface area (Å²) in [6, 6.07) is 9.93. The van der Waals surface area contributed by atoms with Crippen LogP contribution in [0, 0.1) is 12.8 Å². The highest BCUT2D eigenvalue weighted by Crippen LogP contribution is 2.29. The van der Waals surface area contributed by atoms with Gasteiger partial charge in [-0.2, -0.15) is 4.68 Å². The molecule has 0 amide bonds. The number of aromatic nitrogens is 4. The molecule has 6 nitrogen and oxygen atoms in total. The highest BCUT2D eigenvalue weighted by molar-refractivity contribution is 5.80. The van der Waals surface area contributed by atoms with Crippen LogP contribution in [-0.4, -0.2) is 44.3 Å². The first kappa shape index (κ1) is 20.4. The van der Waals surface area contributed by atoms with Crippen LogP contribution >= 0.6 is 0 Å². The van der Waals surface area contributed by atoms with E-state index in [4.69, 9.17) is 5.10 Å². The first-order valence-corrected chi connectivity index (χ1v) is 11.9. The summed E-state index contributed by atoms with van der Waals surface area (Å²) in [5, 5.41) is 5.73. The third-order valence-electron chi connectivity index (χ3n) is 7.16. The predicted octanol–water partition coefficient (Wildman–Crippen LogP) is 4.57. The summed E-state index contributed by atoms with van der Waals surface area (Å²) in [5.74, 6) is 2.05. The van der Waals surface area contributed by atoms with E-state index in [-0.39, 0.29) is 5.69 Å². The molecule has 1 aromatic carbocycles. The fraction of sp³-hybridized carbons (Fsp3) is 0.560. The molecule has 1 N–H and O–H groups in total. The van der Waals surface area contributed by atoms with Gasteiger partial charge < -0.3 is 4.90 Å². The number of pyridine rings is 1. The number of fused-ring (bicyclic) bond motifs is 1. The second-order valence-corrected chi connectivity index (χ2v) is 9.49. The van der Waals surface area contributed by atoms with Crippen LogP contribution in [0.4, 0.5) is 0 Å². The van der Waals surface area contributed by atoms with Gasteiger partial charge in [-0.3, -0.25) is 9.97 Å². The van der Waals surface area contributed by atoms with Crippen molar-refractivity contribution in [2.45, 2.75) is 64.2 Å². The van der Waals surface area contributed by atoms with Crippen LogP contribution < -0.4 is 5.69 Å². The molecule has 2 aromatic heterocycles. The van der Waals surface area contributed by atoms with E-state index in [1.54, 1.807) is 0 Å². The van der Waals surface area contributed by atoms with Crippen molar-refractivity contribution in [3.63, 3.8) is 0 Å². The van der Waals surface area contributed by atoms with Gasteiger partial charge in [0.25, 0.3) is 0 Å². The maximum atomic E-state index is 12.7. The number of hydrogen-bond donors (Lipinski definition) is 1. The molecule has 0 unspecified atom stereocenters. The minimum Gasteiger partial charge on any atom is -0.303 e. The molecule has 1 aliphatic carbocycles. The van der Waals surface area contributed by atoms with Crippen molar-refractivity contribution in [2.24, 2.45) is 5.92 Å². The minimum absolute atomic E-state index is 0.159. The van der Waals surface area contributed by atoms with Crippen molar-refractivity contribution >= 4 is 10.9 Å². The number of rotatable bonds is 5. The van der Waals surface area contributed by atoms with Crippen LogP contribution in [0.2, 0.25) is 0 Å². The van der Waals surface area contributed by atoms with Crippen LogP contribution in [0.15, 0.2) is 35.1 Å². The summed E-state index contributed by atoms with van der Waals surface area (Å²) in [6.07, 6.45) is 10.7. The molecule has 0 bridgehead atoms. The van der Waals surface area contributed by atoms with E-state index in [1.807, 2.05) is 37.3 Å². The van der Waals surface area contributed by atoms with Gasteiger partial charge in [0, 0.05) is 23.5 Å². The number of benzene rings is 1. The Morgan fingerprint density at radius 2 is 1.94 bits per heavy atom. The number of piperidine rings is 1. The van der Waals surface area contributed by atoms with E-state index >= 15 is 0 Å². The largest absolute Gasteiger partial charge is 0.348 e. The van der Waals surface area contributed by atoms with Crippen molar-refractivity contribution in [2.75, 3.05) is 19.6 Å². The monoisotopic (exact) mass is 419 g/mol. The topological polar surface area (TPSA) is 66.8 Å². The van der Waals surface area contributed by atoms with Gasteiger partial charge in [-0.25, -0.2) is 4.79 Å². The molecule has 5 rings (SSSR count). The Morgan fingerprint density at radius 3 is 2.81 bits per heavy atom. The summed E-state index contributed by atoms with van der Waals surface area (Å²) in [5.41, 5.74) is 2.56. The molecule has 31 heavy (non-hydrogen) atoms. The lowest BCUT2D eigenvalue weighted by Gasteiger charge is -2.33. The molecule has 3 aromatic rings. The van der Waals surface area contributed by atoms with Crippen LogP contribution in [0.25, 0.3) is 16.6 Å². The van der Waals surface area contributed by atoms with Gasteiger partial charge in [0.2, 0.25) is 0 Å². The SMILES string of the molecule is Cc1ccc2cc(-n3nc([C@H]4CCCN(CCC5CCCCC5)C4)[nH]c3=O)ccc2n1. The Hall–Kier alpha value is -2.47. The third kappa shape index (κ3) is 4.59. The number of aromatic amines is 1. The number of H-pyrrole nitrogens is 1. The fourth-order valence-electron chi connectivity index (χ4n) is 5.37. The first-order chi connectivity index (χ1) is 15.2. The van der Waals surface area contributed by atoms with Gasteiger partial charge in [-0.15, -0.1) is 5.10 Å². The fourth-order valence-corrected chi connectivity index (χ4v) is 5.37. The first-order valence-electron chi connectivity index (χ1n) is 11.9. The molecule has 3 heterocycles. The number of likely N-dealkylation sites (tertiary alicyclic amines) is 1. The van der Waals surface area contributed by atoms with E-state index in [0.717, 1.165) is 47.0 Å². The average Bonchev–Trinajstić information content (AvgIpc) is 3.20. The average molecular weight is 420 g/mol. The lowest BCUT2D eigenvalue weighted by atomic mass is 9.86. The van der Waals surface area contributed by atoms with Crippen molar-refractivity contribution in [3.8, 4) is 5.69 Å². The second kappa shape index (κ2) is 8.95. The van der Waals surface area contributed by atoms with E-state index in [0.29, 0.717) is 5.92 Å². The number of aryl methyl sites for hydroxylation is 1.